The number of benzene rings is 4. The quantitative estimate of drug-likeness (QED) is 0.0770. The van der Waals surface area contributed by atoms with E-state index in [0.29, 0.717) is 66.1 Å². The third kappa shape index (κ3) is 8.90. The van der Waals surface area contributed by atoms with E-state index >= 15 is 0 Å². The second-order valence-corrected chi connectivity index (χ2v) is 10.4. The lowest BCUT2D eigenvalue weighted by Gasteiger charge is -2.20. The van der Waals surface area contributed by atoms with Gasteiger partial charge in [0, 0.05) is 21.8 Å². The molecule has 0 N–H and O–H groups in total. The third-order valence-electron chi connectivity index (χ3n) is 6.19. The highest BCUT2D eigenvalue weighted by molar-refractivity contribution is 9.09. The number of halogens is 2. The molecule has 214 valence electrons. The fourth-order valence-electron chi connectivity index (χ4n) is 4.43. The van der Waals surface area contributed by atoms with Crippen molar-refractivity contribution in [1.29, 1.82) is 0 Å². The van der Waals surface area contributed by atoms with Gasteiger partial charge < -0.3 is 28.4 Å². The molecule has 0 aromatic heterocycles. The van der Waals surface area contributed by atoms with Crippen molar-refractivity contribution in [1.82, 2.24) is 0 Å². The minimum Gasteiger partial charge on any atom is -0.491 e. The molecule has 0 radical (unpaired) electrons. The zero-order valence-electron chi connectivity index (χ0n) is 22.6. The molecule has 0 unspecified atom stereocenters. The van der Waals surface area contributed by atoms with Crippen LogP contribution in [0.3, 0.4) is 0 Å². The zero-order chi connectivity index (χ0) is 27.8. The van der Waals surface area contributed by atoms with Gasteiger partial charge in [0.25, 0.3) is 0 Å². The first-order valence-electron chi connectivity index (χ1n) is 13.6. The standard InChI is InChI=1S/C32H36Br2O6/c33-13-15-35-17-19-37-21-23-39-29-11-9-25-5-1-3-7-27(25)31(29)32-28-8-4-2-6-26(28)10-12-30(32)40-24-22-38-20-18-36-16-14-34/h1-12H,13-24H2. The Bertz CT molecular complexity index is 1210. The first-order valence-corrected chi connectivity index (χ1v) is 15.8. The molecule has 0 atom stereocenters. The average molecular weight is 676 g/mol. The van der Waals surface area contributed by atoms with E-state index in [0.717, 1.165) is 54.8 Å². The molecular formula is C32H36Br2O6. The van der Waals surface area contributed by atoms with Gasteiger partial charge in [-0.1, -0.05) is 92.5 Å². The summed E-state index contributed by atoms with van der Waals surface area (Å²) >= 11 is 6.71. The molecule has 0 fully saturated rings. The van der Waals surface area contributed by atoms with Gasteiger partial charge >= 0.3 is 0 Å². The van der Waals surface area contributed by atoms with Crippen molar-refractivity contribution in [3.05, 3.63) is 72.8 Å². The molecule has 4 aromatic carbocycles. The minimum absolute atomic E-state index is 0.426. The summed E-state index contributed by atoms with van der Waals surface area (Å²) in [5.74, 6) is 1.58. The van der Waals surface area contributed by atoms with E-state index in [9.17, 15) is 0 Å². The van der Waals surface area contributed by atoms with Crippen molar-refractivity contribution in [2.24, 2.45) is 0 Å². The van der Waals surface area contributed by atoms with Crippen LogP contribution in [0.4, 0.5) is 0 Å². The van der Waals surface area contributed by atoms with Crippen LogP contribution >= 0.6 is 31.9 Å². The second-order valence-electron chi connectivity index (χ2n) is 8.84. The highest BCUT2D eigenvalue weighted by atomic mass is 79.9. The maximum atomic E-state index is 6.35. The lowest BCUT2D eigenvalue weighted by Crippen LogP contribution is -2.12. The molecular weight excluding hydrogens is 640 g/mol. The summed E-state index contributed by atoms with van der Waals surface area (Å²) in [6, 6.07) is 25.0. The van der Waals surface area contributed by atoms with Gasteiger partial charge in [0.15, 0.2) is 0 Å². The molecule has 0 spiro atoms. The number of hydrogen-bond acceptors (Lipinski definition) is 6. The Labute approximate surface area is 253 Å². The van der Waals surface area contributed by atoms with Crippen molar-refractivity contribution in [2.45, 2.75) is 0 Å². The van der Waals surface area contributed by atoms with Gasteiger partial charge in [-0.25, -0.2) is 0 Å². The molecule has 8 heteroatoms. The highest BCUT2D eigenvalue weighted by Gasteiger charge is 2.19. The molecule has 0 bridgehead atoms. The van der Waals surface area contributed by atoms with Crippen LogP contribution < -0.4 is 9.47 Å². The fraction of sp³-hybridized carbons (Fsp3) is 0.375. The van der Waals surface area contributed by atoms with Gasteiger partial charge in [-0.2, -0.15) is 0 Å². The Hall–Kier alpha value is -2.20. The first kappa shape index (κ1) is 30.8. The summed E-state index contributed by atoms with van der Waals surface area (Å²) in [6.07, 6.45) is 0. The maximum absolute atomic E-state index is 6.35. The van der Waals surface area contributed by atoms with Gasteiger partial charge in [0.05, 0.1) is 52.9 Å². The van der Waals surface area contributed by atoms with Gasteiger partial charge in [0.1, 0.15) is 24.7 Å². The number of fused-ring (bicyclic) bond motifs is 2. The Morgan fingerprint density at radius 3 is 1.20 bits per heavy atom. The first-order chi connectivity index (χ1) is 19.8. The maximum Gasteiger partial charge on any atom is 0.128 e. The van der Waals surface area contributed by atoms with Crippen molar-refractivity contribution >= 4 is 53.4 Å². The summed E-state index contributed by atoms with van der Waals surface area (Å²) in [5.41, 5.74) is 2.02. The smallest absolute Gasteiger partial charge is 0.128 e. The van der Waals surface area contributed by atoms with Crippen molar-refractivity contribution < 1.29 is 28.4 Å². The molecule has 0 amide bonds. The van der Waals surface area contributed by atoms with Gasteiger partial charge in [-0.05, 0) is 33.7 Å². The SMILES string of the molecule is BrCCOCCOCCOc1ccc2ccccc2c1-c1c(OCCOCCOCCBr)ccc2ccccc12. The Kier molecular flexibility index (Phi) is 13.5. The van der Waals surface area contributed by atoms with Crippen LogP contribution in [-0.4, -0.2) is 76.7 Å². The van der Waals surface area contributed by atoms with Gasteiger partial charge in [0.2, 0.25) is 0 Å². The van der Waals surface area contributed by atoms with Crippen LogP contribution in [0.1, 0.15) is 0 Å². The molecule has 0 aliphatic carbocycles. The van der Waals surface area contributed by atoms with Crippen LogP contribution in [0.2, 0.25) is 0 Å². The third-order valence-corrected chi connectivity index (χ3v) is 6.84. The Balaban J connectivity index is 1.57. The second kappa shape index (κ2) is 17.6. The molecule has 0 saturated heterocycles. The van der Waals surface area contributed by atoms with E-state index < -0.39 is 0 Å². The van der Waals surface area contributed by atoms with Crippen LogP contribution in [0.5, 0.6) is 11.5 Å². The molecule has 6 nitrogen and oxygen atoms in total. The normalized spacial score (nSPS) is 11.3. The Morgan fingerprint density at radius 1 is 0.400 bits per heavy atom. The van der Waals surface area contributed by atoms with E-state index in [1.807, 2.05) is 12.1 Å². The molecule has 0 heterocycles. The van der Waals surface area contributed by atoms with E-state index in [2.05, 4.69) is 92.5 Å². The summed E-state index contributed by atoms with van der Waals surface area (Å²) in [6.45, 7) is 5.35. The molecule has 4 rings (SSSR count). The molecule has 40 heavy (non-hydrogen) atoms. The van der Waals surface area contributed by atoms with E-state index in [1.165, 1.54) is 0 Å². The van der Waals surface area contributed by atoms with Gasteiger partial charge in [-0.3, -0.25) is 0 Å². The topological polar surface area (TPSA) is 55.4 Å². The molecule has 0 aliphatic heterocycles. The summed E-state index contributed by atoms with van der Waals surface area (Å²) in [5, 5.41) is 6.11. The van der Waals surface area contributed by atoms with E-state index in [1.54, 1.807) is 0 Å². The van der Waals surface area contributed by atoms with Crippen LogP contribution in [0, 0.1) is 0 Å². The number of rotatable bonds is 19. The number of hydrogen-bond donors (Lipinski definition) is 0. The van der Waals surface area contributed by atoms with Crippen LogP contribution in [-0.2, 0) is 18.9 Å². The van der Waals surface area contributed by atoms with Crippen LogP contribution in [0.25, 0.3) is 32.7 Å². The molecule has 0 saturated carbocycles. The fourth-order valence-corrected chi connectivity index (χ4v) is 4.89. The van der Waals surface area contributed by atoms with Crippen molar-refractivity contribution in [3.63, 3.8) is 0 Å². The largest absolute Gasteiger partial charge is 0.491 e. The van der Waals surface area contributed by atoms with Gasteiger partial charge in [-0.15, -0.1) is 0 Å². The zero-order valence-corrected chi connectivity index (χ0v) is 25.8. The lowest BCUT2D eigenvalue weighted by atomic mass is 9.92. The van der Waals surface area contributed by atoms with Crippen LogP contribution in [0.15, 0.2) is 72.8 Å². The monoisotopic (exact) mass is 674 g/mol. The number of ether oxygens (including phenoxy) is 6. The minimum atomic E-state index is 0.426. The Morgan fingerprint density at radius 2 is 0.775 bits per heavy atom. The lowest BCUT2D eigenvalue weighted by molar-refractivity contribution is 0.0413. The highest BCUT2D eigenvalue weighted by Crippen LogP contribution is 2.45. The summed E-state index contributed by atoms with van der Waals surface area (Å²) in [4.78, 5) is 0. The van der Waals surface area contributed by atoms with Crippen molar-refractivity contribution in [3.8, 4) is 22.6 Å². The number of alkyl halides is 2. The van der Waals surface area contributed by atoms with E-state index in [-0.39, 0.29) is 0 Å². The molecule has 4 aromatic rings. The predicted octanol–water partition coefficient (Wildman–Crippen LogP) is 7.27. The predicted molar refractivity (Wildman–Crippen MR) is 169 cm³/mol. The summed E-state index contributed by atoms with van der Waals surface area (Å²) in [7, 11) is 0. The average Bonchev–Trinajstić information content (AvgIpc) is 2.99. The van der Waals surface area contributed by atoms with Crippen molar-refractivity contribution in [2.75, 3.05) is 76.7 Å². The summed E-state index contributed by atoms with van der Waals surface area (Å²) < 4.78 is 35.0. The molecule has 0 aliphatic rings. The van der Waals surface area contributed by atoms with E-state index in [4.69, 9.17) is 28.4 Å².